The largest absolute Gasteiger partial charge is 0.340 e. The Kier molecular flexibility index (Phi) is 4.96. The maximum atomic E-state index is 12.5. The van der Waals surface area contributed by atoms with Gasteiger partial charge in [-0.05, 0) is 31.6 Å². The number of carbonyl (C=O) groups excluding carboxylic acids is 1. The molecule has 0 N–H and O–H groups in total. The molecule has 1 aliphatic carbocycles. The van der Waals surface area contributed by atoms with Crippen molar-refractivity contribution in [3.63, 3.8) is 0 Å². The summed E-state index contributed by atoms with van der Waals surface area (Å²) in [7, 11) is 0. The highest BCUT2D eigenvalue weighted by Crippen LogP contribution is 2.36. The molecule has 0 unspecified atom stereocenters. The van der Waals surface area contributed by atoms with Crippen LogP contribution in [0, 0.1) is 5.92 Å². The highest BCUT2D eigenvalue weighted by atomic mass is 16.5. The van der Waals surface area contributed by atoms with Gasteiger partial charge in [0.1, 0.15) is 5.69 Å². The van der Waals surface area contributed by atoms with Crippen LogP contribution in [-0.2, 0) is 11.3 Å². The molecule has 0 spiro atoms. The fourth-order valence-corrected chi connectivity index (χ4v) is 3.72. The van der Waals surface area contributed by atoms with E-state index in [-0.39, 0.29) is 5.91 Å². The summed E-state index contributed by atoms with van der Waals surface area (Å²) in [4.78, 5) is 16.8. The average molecular weight is 353 g/mol. The normalized spacial score (nSPS) is 16.9. The summed E-state index contributed by atoms with van der Waals surface area (Å²) in [6.07, 6.45) is 5.38. The standard InChI is InChI=1S/C21H27N3O2/c1-2-19(25)24(14-16-10-11-16)15-18-20(17-8-4-3-5-9-17)22-26-21(18)23-12-6-7-13-23/h3-5,8-9,16H,2,6-7,10-15H2,1H3. The first-order chi connectivity index (χ1) is 12.8. The summed E-state index contributed by atoms with van der Waals surface area (Å²) in [6, 6.07) is 10.2. The van der Waals surface area contributed by atoms with Crippen molar-refractivity contribution in [3.8, 4) is 11.3 Å². The van der Waals surface area contributed by atoms with Crippen molar-refractivity contribution in [1.29, 1.82) is 0 Å². The maximum Gasteiger partial charge on any atom is 0.232 e. The third kappa shape index (κ3) is 3.62. The summed E-state index contributed by atoms with van der Waals surface area (Å²) < 4.78 is 5.81. The van der Waals surface area contributed by atoms with Crippen LogP contribution in [0.15, 0.2) is 34.9 Å². The minimum Gasteiger partial charge on any atom is -0.340 e. The molecule has 1 amide bonds. The number of rotatable bonds is 7. The minimum absolute atomic E-state index is 0.212. The van der Waals surface area contributed by atoms with Crippen LogP contribution in [0.1, 0.15) is 44.6 Å². The molecule has 0 bridgehead atoms. The van der Waals surface area contributed by atoms with Crippen molar-refractivity contribution < 1.29 is 9.32 Å². The van der Waals surface area contributed by atoms with Gasteiger partial charge in [-0.2, -0.15) is 0 Å². The minimum atomic E-state index is 0.212. The molecule has 1 aromatic heterocycles. The lowest BCUT2D eigenvalue weighted by Crippen LogP contribution is -2.32. The Morgan fingerprint density at radius 1 is 1.23 bits per heavy atom. The van der Waals surface area contributed by atoms with Gasteiger partial charge in [-0.25, -0.2) is 0 Å². The van der Waals surface area contributed by atoms with Gasteiger partial charge in [0.05, 0.1) is 12.1 Å². The number of amides is 1. The number of hydrogen-bond acceptors (Lipinski definition) is 4. The summed E-state index contributed by atoms with van der Waals surface area (Å²) in [5, 5.41) is 4.41. The lowest BCUT2D eigenvalue weighted by molar-refractivity contribution is -0.131. The molecule has 1 saturated carbocycles. The van der Waals surface area contributed by atoms with E-state index in [9.17, 15) is 4.79 Å². The third-order valence-electron chi connectivity index (χ3n) is 5.39. The van der Waals surface area contributed by atoms with E-state index in [4.69, 9.17) is 4.52 Å². The highest BCUT2D eigenvalue weighted by Gasteiger charge is 2.30. The van der Waals surface area contributed by atoms with E-state index in [1.165, 1.54) is 25.7 Å². The monoisotopic (exact) mass is 353 g/mol. The van der Waals surface area contributed by atoms with Crippen LogP contribution in [0.3, 0.4) is 0 Å². The second kappa shape index (κ2) is 7.52. The molecule has 2 aromatic rings. The number of hydrogen-bond donors (Lipinski definition) is 0. The number of benzene rings is 1. The van der Waals surface area contributed by atoms with Gasteiger partial charge in [-0.15, -0.1) is 0 Å². The first-order valence-corrected chi connectivity index (χ1v) is 9.83. The molecule has 1 saturated heterocycles. The van der Waals surface area contributed by atoms with E-state index >= 15 is 0 Å². The molecule has 26 heavy (non-hydrogen) atoms. The van der Waals surface area contributed by atoms with E-state index in [2.05, 4.69) is 22.2 Å². The molecule has 4 rings (SSSR count). The van der Waals surface area contributed by atoms with Gasteiger partial charge in [-0.1, -0.05) is 42.4 Å². The lowest BCUT2D eigenvalue weighted by Gasteiger charge is -2.24. The van der Waals surface area contributed by atoms with E-state index in [1.54, 1.807) is 0 Å². The lowest BCUT2D eigenvalue weighted by atomic mass is 10.1. The predicted molar refractivity (Wildman–Crippen MR) is 102 cm³/mol. The van der Waals surface area contributed by atoms with Gasteiger partial charge in [0.2, 0.25) is 11.8 Å². The number of anilines is 1. The Balaban J connectivity index is 1.68. The van der Waals surface area contributed by atoms with Crippen molar-refractivity contribution in [2.75, 3.05) is 24.5 Å². The van der Waals surface area contributed by atoms with E-state index in [0.29, 0.717) is 18.9 Å². The van der Waals surface area contributed by atoms with Crippen molar-refractivity contribution in [3.05, 3.63) is 35.9 Å². The van der Waals surface area contributed by atoms with Crippen molar-refractivity contribution >= 4 is 11.8 Å². The smallest absolute Gasteiger partial charge is 0.232 e. The molecule has 0 atom stereocenters. The van der Waals surface area contributed by atoms with Crippen molar-refractivity contribution in [2.24, 2.45) is 5.92 Å². The van der Waals surface area contributed by atoms with Crippen LogP contribution in [0.5, 0.6) is 0 Å². The zero-order chi connectivity index (χ0) is 17.9. The highest BCUT2D eigenvalue weighted by molar-refractivity contribution is 5.77. The molecular weight excluding hydrogens is 326 g/mol. The molecule has 5 nitrogen and oxygen atoms in total. The summed E-state index contributed by atoms with van der Waals surface area (Å²) >= 11 is 0. The number of aromatic nitrogens is 1. The maximum absolute atomic E-state index is 12.5. The van der Waals surface area contributed by atoms with Gasteiger partial charge in [0.25, 0.3) is 0 Å². The molecular formula is C21H27N3O2. The van der Waals surface area contributed by atoms with Gasteiger partial charge in [-0.3, -0.25) is 4.79 Å². The fraction of sp³-hybridized carbons (Fsp3) is 0.524. The van der Waals surface area contributed by atoms with Crippen LogP contribution in [0.2, 0.25) is 0 Å². The summed E-state index contributed by atoms with van der Waals surface area (Å²) in [5.41, 5.74) is 2.98. The Hall–Kier alpha value is -2.30. The van der Waals surface area contributed by atoms with Gasteiger partial charge in [0.15, 0.2) is 0 Å². The summed E-state index contributed by atoms with van der Waals surface area (Å²) in [6.45, 7) is 5.38. The first-order valence-electron chi connectivity index (χ1n) is 9.83. The van der Waals surface area contributed by atoms with Crippen LogP contribution >= 0.6 is 0 Å². The molecule has 1 aliphatic heterocycles. The van der Waals surface area contributed by atoms with E-state index in [0.717, 1.165) is 42.3 Å². The Morgan fingerprint density at radius 2 is 1.96 bits per heavy atom. The molecule has 5 heteroatoms. The molecule has 2 heterocycles. The predicted octanol–water partition coefficient (Wildman–Crippen LogP) is 4.09. The second-order valence-electron chi connectivity index (χ2n) is 7.45. The molecule has 2 aliphatic rings. The molecule has 138 valence electrons. The van der Waals surface area contributed by atoms with Crippen LogP contribution in [0.25, 0.3) is 11.3 Å². The van der Waals surface area contributed by atoms with Crippen LogP contribution in [0.4, 0.5) is 5.88 Å². The zero-order valence-corrected chi connectivity index (χ0v) is 15.5. The summed E-state index contributed by atoms with van der Waals surface area (Å²) in [5.74, 6) is 1.73. The molecule has 1 aromatic carbocycles. The van der Waals surface area contributed by atoms with Crippen LogP contribution < -0.4 is 4.90 Å². The number of nitrogens with zero attached hydrogens (tertiary/aromatic N) is 3. The topological polar surface area (TPSA) is 49.6 Å². The zero-order valence-electron chi connectivity index (χ0n) is 15.5. The van der Waals surface area contributed by atoms with Gasteiger partial charge < -0.3 is 14.3 Å². The van der Waals surface area contributed by atoms with Gasteiger partial charge in [0, 0.05) is 31.6 Å². The van der Waals surface area contributed by atoms with Crippen LogP contribution in [-0.4, -0.2) is 35.6 Å². The Bertz CT molecular complexity index is 746. The second-order valence-corrected chi connectivity index (χ2v) is 7.45. The molecule has 2 fully saturated rings. The Labute approximate surface area is 155 Å². The van der Waals surface area contributed by atoms with Crippen molar-refractivity contribution in [2.45, 2.75) is 45.6 Å². The average Bonchev–Trinajstić information content (AvgIpc) is 3.16. The molecule has 0 radical (unpaired) electrons. The third-order valence-corrected chi connectivity index (χ3v) is 5.39. The number of carbonyl (C=O) groups is 1. The SMILES string of the molecule is CCC(=O)N(Cc1c(-c2ccccc2)noc1N1CCCC1)CC1CC1. The first kappa shape index (κ1) is 17.1. The van der Waals surface area contributed by atoms with E-state index in [1.807, 2.05) is 30.0 Å². The quantitative estimate of drug-likeness (QED) is 0.752. The van der Waals surface area contributed by atoms with Gasteiger partial charge >= 0.3 is 0 Å². The van der Waals surface area contributed by atoms with Crippen molar-refractivity contribution in [1.82, 2.24) is 10.1 Å². The fourth-order valence-electron chi connectivity index (χ4n) is 3.72. The Morgan fingerprint density at radius 3 is 2.62 bits per heavy atom. The van der Waals surface area contributed by atoms with E-state index < -0.39 is 0 Å².